The van der Waals surface area contributed by atoms with E-state index in [0.29, 0.717) is 17.9 Å². The second kappa shape index (κ2) is 10.7. The number of phenolic OH excluding ortho intramolecular Hbond substituents is 1. The van der Waals surface area contributed by atoms with Crippen molar-refractivity contribution in [2.75, 3.05) is 11.5 Å². The molecule has 1 heterocycles. The maximum Gasteiger partial charge on any atom is 0.573 e. The van der Waals surface area contributed by atoms with Gasteiger partial charge in [0.25, 0.3) is 11.7 Å². The molecule has 1 amide bonds. The van der Waals surface area contributed by atoms with E-state index >= 15 is 0 Å². The van der Waals surface area contributed by atoms with Crippen LogP contribution < -0.4 is 14.4 Å². The summed E-state index contributed by atoms with van der Waals surface area (Å²) in [5.41, 5.74) is 1.37. The maximum absolute atomic E-state index is 13.3. The minimum Gasteiger partial charge on any atom is -0.508 e. The Bertz CT molecular complexity index is 1410. The van der Waals surface area contributed by atoms with E-state index in [2.05, 4.69) is 4.74 Å². The molecule has 0 aliphatic carbocycles. The van der Waals surface area contributed by atoms with Gasteiger partial charge in [0, 0.05) is 11.3 Å². The zero-order valence-electron chi connectivity index (χ0n) is 21.3. The molecule has 0 bridgehead atoms. The van der Waals surface area contributed by atoms with Gasteiger partial charge in [-0.25, -0.2) is 0 Å². The van der Waals surface area contributed by atoms with Gasteiger partial charge in [-0.1, -0.05) is 26.0 Å². The van der Waals surface area contributed by atoms with Gasteiger partial charge in [-0.2, -0.15) is 0 Å². The van der Waals surface area contributed by atoms with Crippen LogP contribution in [0.25, 0.3) is 5.76 Å². The number of hydrogen-bond donors (Lipinski definition) is 2. The van der Waals surface area contributed by atoms with E-state index in [1.807, 2.05) is 20.8 Å². The van der Waals surface area contributed by atoms with Gasteiger partial charge in [0.1, 0.15) is 23.0 Å². The van der Waals surface area contributed by atoms with Crippen molar-refractivity contribution in [3.63, 3.8) is 0 Å². The van der Waals surface area contributed by atoms with Crippen molar-refractivity contribution in [3.8, 4) is 17.2 Å². The Labute approximate surface area is 222 Å². The van der Waals surface area contributed by atoms with Crippen molar-refractivity contribution < 1.29 is 42.4 Å². The number of Topliss-reactive ketones (excluding diaryl/α,β-unsaturated/α-hetero) is 1. The molecule has 1 atom stereocenters. The van der Waals surface area contributed by atoms with Crippen LogP contribution in [0.1, 0.15) is 49.4 Å². The summed E-state index contributed by atoms with van der Waals surface area (Å²) in [6.07, 6.45) is -4.90. The number of aromatic hydroxyl groups is 1. The zero-order chi connectivity index (χ0) is 28.5. The van der Waals surface area contributed by atoms with Crippen molar-refractivity contribution >= 4 is 23.1 Å². The van der Waals surface area contributed by atoms with E-state index in [0.717, 1.165) is 22.6 Å². The van der Waals surface area contributed by atoms with Gasteiger partial charge in [-0.15, -0.1) is 13.2 Å². The van der Waals surface area contributed by atoms with Crippen molar-refractivity contribution in [1.29, 1.82) is 0 Å². The SMILES string of the molecule is CCOc1ccc(/C(O)=C2/C(=O)C(=O)N(c3ccc(OC(F)(F)F)cc3)C2c2ccc(O)cc2)cc1C(C)C. The largest absolute Gasteiger partial charge is 0.573 e. The predicted molar refractivity (Wildman–Crippen MR) is 138 cm³/mol. The minimum atomic E-state index is -4.90. The van der Waals surface area contributed by atoms with Crippen LogP contribution in [0, 0.1) is 0 Å². The fourth-order valence-electron chi connectivity index (χ4n) is 4.47. The van der Waals surface area contributed by atoms with Gasteiger partial charge in [0.2, 0.25) is 0 Å². The molecule has 7 nitrogen and oxygen atoms in total. The molecule has 3 aromatic rings. The monoisotopic (exact) mass is 541 g/mol. The molecule has 39 heavy (non-hydrogen) atoms. The third-order valence-electron chi connectivity index (χ3n) is 6.21. The third kappa shape index (κ3) is 5.69. The number of ketones is 1. The topological polar surface area (TPSA) is 96.3 Å². The summed E-state index contributed by atoms with van der Waals surface area (Å²) >= 11 is 0. The highest BCUT2D eigenvalue weighted by Gasteiger charge is 2.47. The molecule has 0 saturated carbocycles. The molecular formula is C29H26F3NO6. The van der Waals surface area contributed by atoms with E-state index in [1.54, 1.807) is 18.2 Å². The lowest BCUT2D eigenvalue weighted by Crippen LogP contribution is -2.29. The van der Waals surface area contributed by atoms with Gasteiger partial charge < -0.3 is 19.7 Å². The Morgan fingerprint density at radius 2 is 1.64 bits per heavy atom. The van der Waals surface area contributed by atoms with Crippen LogP contribution in [-0.4, -0.2) is 34.9 Å². The fraction of sp³-hybridized carbons (Fsp3) is 0.241. The van der Waals surface area contributed by atoms with Crippen LogP contribution in [0.4, 0.5) is 18.9 Å². The number of ether oxygens (including phenoxy) is 2. The average Bonchev–Trinajstić information content (AvgIpc) is 3.14. The molecule has 3 aromatic carbocycles. The summed E-state index contributed by atoms with van der Waals surface area (Å²) in [6.45, 7) is 6.18. The first-order chi connectivity index (χ1) is 18.4. The lowest BCUT2D eigenvalue weighted by Gasteiger charge is -2.26. The second-order valence-electron chi connectivity index (χ2n) is 9.14. The molecule has 0 spiro atoms. The van der Waals surface area contributed by atoms with Crippen LogP contribution in [0.5, 0.6) is 17.2 Å². The summed E-state index contributed by atoms with van der Waals surface area (Å²) in [5.74, 6) is -2.28. The summed E-state index contributed by atoms with van der Waals surface area (Å²) in [4.78, 5) is 27.7. The number of hydrogen-bond acceptors (Lipinski definition) is 6. The number of nitrogens with zero attached hydrogens (tertiary/aromatic N) is 1. The van der Waals surface area contributed by atoms with E-state index in [9.17, 15) is 33.0 Å². The van der Waals surface area contributed by atoms with Gasteiger partial charge in [-0.05, 0) is 78.6 Å². The number of carbonyl (C=O) groups is 2. The number of carbonyl (C=O) groups excluding carboxylic acids is 2. The van der Waals surface area contributed by atoms with Crippen LogP contribution in [-0.2, 0) is 9.59 Å². The van der Waals surface area contributed by atoms with Crippen LogP contribution >= 0.6 is 0 Å². The minimum absolute atomic E-state index is 0.0204. The smallest absolute Gasteiger partial charge is 0.508 e. The summed E-state index contributed by atoms with van der Waals surface area (Å²) in [6, 6.07) is 14.0. The molecule has 1 aliphatic rings. The van der Waals surface area contributed by atoms with Crippen molar-refractivity contribution in [2.24, 2.45) is 0 Å². The Hall–Kier alpha value is -4.47. The fourth-order valence-corrected chi connectivity index (χ4v) is 4.47. The molecule has 1 saturated heterocycles. The number of aliphatic hydroxyl groups excluding tert-OH is 1. The van der Waals surface area contributed by atoms with Gasteiger partial charge >= 0.3 is 6.36 Å². The summed E-state index contributed by atoms with van der Waals surface area (Å²) < 4.78 is 47.5. The number of anilines is 1. The molecule has 204 valence electrons. The summed E-state index contributed by atoms with van der Waals surface area (Å²) in [5, 5.41) is 21.2. The van der Waals surface area contributed by atoms with Crippen molar-refractivity contribution in [1.82, 2.24) is 0 Å². The molecular weight excluding hydrogens is 515 g/mol. The highest BCUT2D eigenvalue weighted by Crippen LogP contribution is 2.43. The first-order valence-electron chi connectivity index (χ1n) is 12.1. The predicted octanol–water partition coefficient (Wildman–Crippen LogP) is 6.44. The first-order valence-corrected chi connectivity index (χ1v) is 12.1. The average molecular weight is 542 g/mol. The third-order valence-corrected chi connectivity index (χ3v) is 6.21. The number of alkyl halides is 3. The van der Waals surface area contributed by atoms with E-state index in [1.165, 1.54) is 36.4 Å². The molecule has 1 fully saturated rings. The van der Waals surface area contributed by atoms with Gasteiger partial charge in [-0.3, -0.25) is 14.5 Å². The number of benzene rings is 3. The lowest BCUT2D eigenvalue weighted by atomic mass is 9.93. The highest BCUT2D eigenvalue weighted by molar-refractivity contribution is 6.51. The second-order valence-corrected chi connectivity index (χ2v) is 9.14. The molecule has 4 rings (SSSR count). The lowest BCUT2D eigenvalue weighted by molar-refractivity contribution is -0.274. The van der Waals surface area contributed by atoms with Crippen molar-refractivity contribution in [3.05, 3.63) is 89.0 Å². The number of aliphatic hydroxyl groups is 1. The van der Waals surface area contributed by atoms with Crippen molar-refractivity contribution in [2.45, 2.75) is 39.1 Å². The summed E-state index contributed by atoms with van der Waals surface area (Å²) in [7, 11) is 0. The molecule has 1 unspecified atom stereocenters. The Morgan fingerprint density at radius 1 is 1.00 bits per heavy atom. The van der Waals surface area contributed by atoms with Crippen LogP contribution in [0.3, 0.4) is 0 Å². The van der Waals surface area contributed by atoms with E-state index in [4.69, 9.17) is 4.74 Å². The molecule has 2 N–H and O–H groups in total. The molecule has 0 aromatic heterocycles. The quantitative estimate of drug-likeness (QED) is 0.203. The number of rotatable bonds is 7. The zero-order valence-corrected chi connectivity index (χ0v) is 21.3. The Balaban J connectivity index is 1.86. The normalized spacial score (nSPS) is 17.1. The standard InChI is InChI=1S/C29H26F3NO6/c1-4-38-23-14-7-18(15-22(23)16(2)3)26(35)24-25(17-5-10-20(34)11-6-17)33(28(37)27(24)36)19-8-12-21(13-9-19)39-29(30,31)32/h5-16,25,34-35H,4H2,1-3H3/b26-24-. The number of phenols is 1. The highest BCUT2D eigenvalue weighted by atomic mass is 19.4. The Kier molecular flexibility index (Phi) is 7.58. The Morgan fingerprint density at radius 3 is 2.21 bits per heavy atom. The molecule has 10 heteroatoms. The van der Waals surface area contributed by atoms with E-state index < -0.39 is 35.6 Å². The van der Waals surface area contributed by atoms with Gasteiger partial charge in [0.15, 0.2) is 0 Å². The molecule has 0 radical (unpaired) electrons. The van der Waals surface area contributed by atoms with E-state index in [-0.39, 0.29) is 28.5 Å². The maximum atomic E-state index is 13.3. The number of halogens is 3. The van der Waals surface area contributed by atoms with Gasteiger partial charge in [0.05, 0.1) is 18.2 Å². The first kappa shape index (κ1) is 27.6. The number of amides is 1. The molecule has 1 aliphatic heterocycles. The van der Waals surface area contributed by atoms with Crippen LogP contribution in [0.2, 0.25) is 0 Å². The van der Waals surface area contributed by atoms with Crippen LogP contribution in [0.15, 0.2) is 72.3 Å².